The Hall–Kier alpha value is -8.54. The average molecular weight is 805 g/mol. The molecule has 0 aliphatic heterocycles. The lowest BCUT2D eigenvalue weighted by Crippen LogP contribution is -1.96. The zero-order valence-electron chi connectivity index (χ0n) is 34.0. The fourth-order valence-electron chi connectivity index (χ4n) is 9.66. The van der Waals surface area contributed by atoms with Gasteiger partial charge in [0.25, 0.3) is 0 Å². The second kappa shape index (κ2) is 14.0. The van der Waals surface area contributed by atoms with E-state index in [9.17, 15) is 0 Å². The third-order valence-electron chi connectivity index (χ3n) is 12.5. The first-order valence-electron chi connectivity index (χ1n) is 21.3. The Morgan fingerprint density at radius 3 is 1.44 bits per heavy atom. The molecule has 0 amide bonds. The van der Waals surface area contributed by atoms with Gasteiger partial charge in [0, 0.05) is 66.4 Å². The van der Waals surface area contributed by atoms with Crippen molar-refractivity contribution in [2.45, 2.75) is 0 Å². The summed E-state index contributed by atoms with van der Waals surface area (Å²) in [7, 11) is 0. The van der Waals surface area contributed by atoms with Crippen molar-refractivity contribution in [3.05, 3.63) is 218 Å². The fourth-order valence-corrected chi connectivity index (χ4v) is 9.66. The summed E-state index contributed by atoms with van der Waals surface area (Å²) in [5.41, 5.74) is 15.6. The zero-order chi connectivity index (χ0) is 41.4. The normalized spacial score (nSPS) is 11.8. The van der Waals surface area contributed by atoms with Gasteiger partial charge in [-0.25, -0.2) is 9.97 Å². The molecular weight excluding hydrogens is 769 g/mol. The van der Waals surface area contributed by atoms with Crippen LogP contribution in [0.25, 0.3) is 122 Å². The standard InChI is InChI=1S/C58H36N4O/c1-4-15-37(16-5-1)49-36-50(38-17-6-2-7-18-38)60-58(59-49)46-23-14-26-55-57(46)45-30-29-42(35-56(45)63-55)62-52-25-13-11-22-44(52)48-34-40(28-32-54(48)62)39-27-31-53-47(33-39)43-21-10-12-24-51(43)61(53)41-19-8-3-9-20-41/h1-36H. The van der Waals surface area contributed by atoms with E-state index in [-0.39, 0.29) is 0 Å². The maximum absolute atomic E-state index is 6.71. The molecule has 4 heterocycles. The highest BCUT2D eigenvalue weighted by Gasteiger charge is 2.20. The van der Waals surface area contributed by atoms with Crippen molar-refractivity contribution in [1.82, 2.24) is 19.1 Å². The quantitative estimate of drug-likeness (QED) is 0.168. The summed E-state index contributed by atoms with van der Waals surface area (Å²) in [4.78, 5) is 10.4. The van der Waals surface area contributed by atoms with Gasteiger partial charge in [0.05, 0.1) is 33.5 Å². The maximum atomic E-state index is 6.71. The van der Waals surface area contributed by atoms with Crippen molar-refractivity contribution in [1.29, 1.82) is 0 Å². The van der Waals surface area contributed by atoms with Gasteiger partial charge < -0.3 is 13.6 Å². The molecular formula is C58H36N4O. The van der Waals surface area contributed by atoms with Crippen LogP contribution in [0.2, 0.25) is 0 Å². The lowest BCUT2D eigenvalue weighted by molar-refractivity contribution is 0.668. The molecule has 0 radical (unpaired) electrons. The van der Waals surface area contributed by atoms with Crippen molar-refractivity contribution < 1.29 is 4.42 Å². The van der Waals surface area contributed by atoms with Crippen LogP contribution in [-0.2, 0) is 0 Å². The number of rotatable bonds is 6. The molecule has 5 heteroatoms. The molecule has 0 N–H and O–H groups in total. The second-order valence-corrected chi connectivity index (χ2v) is 16.2. The highest BCUT2D eigenvalue weighted by atomic mass is 16.3. The Morgan fingerprint density at radius 2 is 0.841 bits per heavy atom. The van der Waals surface area contributed by atoms with Gasteiger partial charge >= 0.3 is 0 Å². The lowest BCUT2D eigenvalue weighted by Gasteiger charge is -2.10. The highest BCUT2D eigenvalue weighted by Crippen LogP contribution is 2.41. The molecule has 0 unspecified atom stereocenters. The molecule has 0 spiro atoms. The summed E-state index contributed by atoms with van der Waals surface area (Å²) < 4.78 is 11.4. The van der Waals surface area contributed by atoms with Crippen molar-refractivity contribution in [3.8, 4) is 56.4 Å². The minimum atomic E-state index is 0.659. The first-order valence-corrected chi connectivity index (χ1v) is 21.3. The molecule has 0 aliphatic rings. The van der Waals surface area contributed by atoms with Crippen LogP contribution >= 0.6 is 0 Å². The molecule has 0 bridgehead atoms. The first-order chi connectivity index (χ1) is 31.2. The Bertz CT molecular complexity index is 3840. The third kappa shape index (κ3) is 5.64. The van der Waals surface area contributed by atoms with E-state index in [1.165, 1.54) is 43.7 Å². The van der Waals surface area contributed by atoms with E-state index in [0.717, 1.165) is 72.4 Å². The van der Waals surface area contributed by atoms with Gasteiger partial charge in [0.15, 0.2) is 5.82 Å². The Balaban J connectivity index is 0.942. The molecule has 0 aliphatic carbocycles. The molecule has 9 aromatic carbocycles. The number of nitrogens with zero attached hydrogens (tertiary/aromatic N) is 4. The summed E-state index contributed by atoms with van der Waals surface area (Å²) in [5, 5.41) is 6.91. The van der Waals surface area contributed by atoms with Crippen molar-refractivity contribution >= 4 is 65.6 Å². The monoisotopic (exact) mass is 804 g/mol. The SMILES string of the molecule is c1ccc(-c2cc(-c3ccccc3)nc(-c3cccc4oc5cc(-n6c7ccccc7c7cc(-c8ccc9c(c8)c8ccccc8n9-c8ccccc8)ccc76)ccc5c34)n2)cc1. The van der Waals surface area contributed by atoms with Gasteiger partial charge in [-0.15, -0.1) is 0 Å². The van der Waals surface area contributed by atoms with Crippen LogP contribution < -0.4 is 0 Å². The molecule has 0 atom stereocenters. The Labute approximate surface area is 362 Å². The summed E-state index contributed by atoms with van der Waals surface area (Å²) >= 11 is 0. The van der Waals surface area contributed by atoms with E-state index >= 15 is 0 Å². The van der Waals surface area contributed by atoms with Gasteiger partial charge in [-0.3, -0.25) is 0 Å². The zero-order valence-corrected chi connectivity index (χ0v) is 34.0. The second-order valence-electron chi connectivity index (χ2n) is 16.2. The number of fused-ring (bicyclic) bond motifs is 9. The smallest absolute Gasteiger partial charge is 0.161 e. The highest BCUT2D eigenvalue weighted by molar-refractivity contribution is 6.14. The molecule has 5 nitrogen and oxygen atoms in total. The number of hydrogen-bond acceptors (Lipinski definition) is 3. The molecule has 63 heavy (non-hydrogen) atoms. The van der Waals surface area contributed by atoms with Gasteiger partial charge in [-0.1, -0.05) is 140 Å². The van der Waals surface area contributed by atoms with Crippen LogP contribution in [0.15, 0.2) is 223 Å². The lowest BCUT2D eigenvalue weighted by atomic mass is 10.0. The summed E-state index contributed by atoms with van der Waals surface area (Å²) in [6.45, 7) is 0. The van der Waals surface area contributed by atoms with E-state index in [0.29, 0.717) is 5.82 Å². The molecule has 13 rings (SSSR count). The molecule has 0 fully saturated rings. The van der Waals surface area contributed by atoms with Crippen LogP contribution in [0.4, 0.5) is 0 Å². The van der Waals surface area contributed by atoms with Crippen molar-refractivity contribution in [2.24, 2.45) is 0 Å². The van der Waals surface area contributed by atoms with Crippen LogP contribution in [0.5, 0.6) is 0 Å². The van der Waals surface area contributed by atoms with E-state index < -0.39 is 0 Å². The van der Waals surface area contributed by atoms with E-state index in [2.05, 4.69) is 179 Å². The average Bonchev–Trinajstić information content (AvgIpc) is 4.01. The maximum Gasteiger partial charge on any atom is 0.161 e. The minimum absolute atomic E-state index is 0.659. The topological polar surface area (TPSA) is 48.8 Å². The van der Waals surface area contributed by atoms with Crippen molar-refractivity contribution in [2.75, 3.05) is 0 Å². The van der Waals surface area contributed by atoms with Gasteiger partial charge in [0.2, 0.25) is 0 Å². The predicted octanol–water partition coefficient (Wildman–Crippen LogP) is 15.2. The number of hydrogen-bond donors (Lipinski definition) is 0. The Morgan fingerprint density at radius 1 is 0.317 bits per heavy atom. The Kier molecular flexibility index (Phi) is 7.84. The molecule has 13 aromatic rings. The van der Waals surface area contributed by atoms with Gasteiger partial charge in [-0.05, 0) is 83.9 Å². The minimum Gasteiger partial charge on any atom is -0.456 e. The largest absolute Gasteiger partial charge is 0.456 e. The van der Waals surface area contributed by atoms with Gasteiger partial charge in [0.1, 0.15) is 11.2 Å². The number of benzene rings is 9. The van der Waals surface area contributed by atoms with Crippen LogP contribution in [0, 0.1) is 0 Å². The third-order valence-corrected chi connectivity index (χ3v) is 12.5. The first kappa shape index (κ1) is 35.2. The van der Waals surface area contributed by atoms with E-state index in [1.807, 2.05) is 48.5 Å². The van der Waals surface area contributed by atoms with Crippen LogP contribution in [-0.4, -0.2) is 19.1 Å². The number of para-hydroxylation sites is 3. The number of aromatic nitrogens is 4. The van der Waals surface area contributed by atoms with Crippen molar-refractivity contribution in [3.63, 3.8) is 0 Å². The summed E-state index contributed by atoms with van der Waals surface area (Å²) in [6.07, 6.45) is 0. The van der Waals surface area contributed by atoms with Crippen LogP contribution in [0.3, 0.4) is 0 Å². The molecule has 0 saturated carbocycles. The summed E-state index contributed by atoms with van der Waals surface area (Å²) in [6, 6.07) is 77.2. The van der Waals surface area contributed by atoms with E-state index in [4.69, 9.17) is 14.4 Å². The van der Waals surface area contributed by atoms with Crippen LogP contribution in [0.1, 0.15) is 0 Å². The molecule has 294 valence electrons. The van der Waals surface area contributed by atoms with Gasteiger partial charge in [-0.2, -0.15) is 0 Å². The predicted molar refractivity (Wildman–Crippen MR) is 260 cm³/mol. The fraction of sp³-hybridized carbons (Fsp3) is 0. The molecule has 0 saturated heterocycles. The number of furan rings is 1. The van der Waals surface area contributed by atoms with E-state index in [1.54, 1.807) is 0 Å². The molecule has 4 aromatic heterocycles. The summed E-state index contributed by atoms with van der Waals surface area (Å²) in [5.74, 6) is 0.659.